The van der Waals surface area contributed by atoms with Crippen LogP contribution in [0.2, 0.25) is 0 Å². The Morgan fingerprint density at radius 3 is 2.19 bits per heavy atom. The molecule has 0 N–H and O–H groups in total. The largest absolute Gasteiger partial charge is 0.330 e. The zero-order valence-corrected chi connectivity index (χ0v) is 13.3. The van der Waals surface area contributed by atoms with Crippen molar-refractivity contribution < 1.29 is 8.42 Å². The van der Waals surface area contributed by atoms with Crippen molar-refractivity contribution in [1.29, 1.82) is 0 Å². The van der Waals surface area contributed by atoms with Crippen molar-refractivity contribution in [2.75, 3.05) is 32.7 Å². The van der Waals surface area contributed by atoms with E-state index in [0.717, 1.165) is 21.9 Å². The number of likely N-dealkylation sites (N-methyl/N-ethyl adjacent to an activating group) is 1. The first kappa shape index (κ1) is 15.9. The van der Waals surface area contributed by atoms with Crippen LogP contribution in [0.4, 0.5) is 0 Å². The van der Waals surface area contributed by atoms with E-state index in [4.69, 9.17) is 0 Å². The Hall–Kier alpha value is -1.45. The van der Waals surface area contributed by atoms with Crippen LogP contribution >= 0.6 is 0 Å². The Labute approximate surface area is 123 Å². The molecular weight excluding hydrogens is 296 g/mol. The molecule has 0 saturated carbocycles. The molecule has 1 aromatic rings. The quantitative estimate of drug-likeness (QED) is 0.671. The molecule has 0 aliphatic carbocycles. The Bertz CT molecular complexity index is 742. The Morgan fingerprint density at radius 2 is 1.67 bits per heavy atom. The standard InChI is InChI=1S/C12H20N4O4S/c1-4-15-5-7-16(8-6-15)21(19,20)10-9-13(2)12(18)14(3)11(10)17/h9H,4-8H2,1-3H3. The second kappa shape index (κ2) is 5.74. The molecule has 0 aromatic carbocycles. The molecule has 8 nitrogen and oxygen atoms in total. The van der Waals surface area contributed by atoms with E-state index in [2.05, 4.69) is 4.90 Å². The van der Waals surface area contributed by atoms with Crippen molar-refractivity contribution in [2.45, 2.75) is 11.8 Å². The number of aromatic nitrogens is 2. The van der Waals surface area contributed by atoms with Gasteiger partial charge in [0.1, 0.15) is 0 Å². The number of hydrogen-bond acceptors (Lipinski definition) is 5. The monoisotopic (exact) mass is 316 g/mol. The van der Waals surface area contributed by atoms with Gasteiger partial charge in [-0.2, -0.15) is 4.31 Å². The van der Waals surface area contributed by atoms with Crippen molar-refractivity contribution in [1.82, 2.24) is 18.3 Å². The third-order valence-corrected chi connectivity index (χ3v) is 5.69. The summed E-state index contributed by atoms with van der Waals surface area (Å²) in [6.07, 6.45) is 1.10. The lowest BCUT2D eigenvalue weighted by atomic mass is 10.4. The van der Waals surface area contributed by atoms with E-state index in [1.54, 1.807) is 0 Å². The summed E-state index contributed by atoms with van der Waals surface area (Å²) >= 11 is 0. The zero-order valence-electron chi connectivity index (χ0n) is 12.4. The van der Waals surface area contributed by atoms with Crippen LogP contribution in [-0.2, 0) is 24.1 Å². The fraction of sp³-hybridized carbons (Fsp3) is 0.667. The second-order valence-corrected chi connectivity index (χ2v) is 7.00. The highest BCUT2D eigenvalue weighted by atomic mass is 32.2. The van der Waals surface area contributed by atoms with Crippen LogP contribution in [0.15, 0.2) is 20.7 Å². The lowest BCUT2D eigenvalue weighted by Gasteiger charge is -2.33. The predicted octanol–water partition coefficient (Wildman–Crippen LogP) is -1.59. The molecule has 1 fully saturated rings. The first-order chi connectivity index (χ1) is 9.78. The zero-order chi connectivity index (χ0) is 15.8. The van der Waals surface area contributed by atoms with E-state index in [9.17, 15) is 18.0 Å². The van der Waals surface area contributed by atoms with E-state index >= 15 is 0 Å². The molecule has 0 radical (unpaired) electrons. The maximum atomic E-state index is 12.6. The summed E-state index contributed by atoms with van der Waals surface area (Å²) in [7, 11) is -1.17. The topological polar surface area (TPSA) is 84.6 Å². The molecule has 2 rings (SSSR count). The number of rotatable bonds is 3. The fourth-order valence-corrected chi connectivity index (χ4v) is 3.95. The molecule has 118 valence electrons. The summed E-state index contributed by atoms with van der Waals surface area (Å²) in [6.45, 7) is 4.87. The van der Waals surface area contributed by atoms with Gasteiger partial charge in [0, 0.05) is 46.5 Å². The highest BCUT2D eigenvalue weighted by molar-refractivity contribution is 7.89. The third-order valence-electron chi connectivity index (χ3n) is 3.81. The molecule has 0 spiro atoms. The smallest absolute Gasteiger partial charge is 0.302 e. The molecule has 0 unspecified atom stereocenters. The van der Waals surface area contributed by atoms with Gasteiger partial charge < -0.3 is 9.47 Å². The molecule has 1 aliphatic rings. The van der Waals surface area contributed by atoms with Crippen LogP contribution in [0.1, 0.15) is 6.92 Å². The van der Waals surface area contributed by atoms with Crippen LogP contribution in [0.3, 0.4) is 0 Å². The minimum Gasteiger partial charge on any atom is -0.302 e. The van der Waals surface area contributed by atoms with Gasteiger partial charge in [-0.1, -0.05) is 6.92 Å². The van der Waals surface area contributed by atoms with Gasteiger partial charge >= 0.3 is 5.69 Å². The third kappa shape index (κ3) is 2.81. The van der Waals surface area contributed by atoms with E-state index in [1.165, 1.54) is 18.4 Å². The Kier molecular flexibility index (Phi) is 4.35. The van der Waals surface area contributed by atoms with Crippen LogP contribution in [0.25, 0.3) is 0 Å². The van der Waals surface area contributed by atoms with Gasteiger partial charge in [0.25, 0.3) is 5.56 Å². The van der Waals surface area contributed by atoms with Crippen LogP contribution < -0.4 is 11.2 Å². The number of hydrogen-bond donors (Lipinski definition) is 0. The van der Waals surface area contributed by atoms with Crippen molar-refractivity contribution >= 4 is 10.0 Å². The summed E-state index contributed by atoms with van der Waals surface area (Å²) in [5.41, 5.74) is -1.33. The molecular formula is C12H20N4O4S. The van der Waals surface area contributed by atoms with Crippen molar-refractivity contribution in [3.05, 3.63) is 27.0 Å². The van der Waals surface area contributed by atoms with Gasteiger partial charge in [-0.05, 0) is 6.54 Å². The molecule has 9 heteroatoms. The van der Waals surface area contributed by atoms with E-state index in [-0.39, 0.29) is 4.90 Å². The highest BCUT2D eigenvalue weighted by Crippen LogP contribution is 2.13. The fourth-order valence-electron chi connectivity index (χ4n) is 2.38. The van der Waals surface area contributed by atoms with Crippen LogP contribution in [-0.4, -0.2) is 59.5 Å². The molecule has 21 heavy (non-hydrogen) atoms. The maximum Gasteiger partial charge on any atom is 0.330 e. The molecule has 0 amide bonds. The van der Waals surface area contributed by atoms with Gasteiger partial charge in [-0.3, -0.25) is 9.36 Å². The second-order valence-electron chi connectivity index (χ2n) is 5.09. The summed E-state index contributed by atoms with van der Waals surface area (Å²) in [5.74, 6) is 0. The predicted molar refractivity (Wildman–Crippen MR) is 77.8 cm³/mol. The minimum atomic E-state index is -3.87. The van der Waals surface area contributed by atoms with E-state index in [0.29, 0.717) is 26.2 Å². The first-order valence-corrected chi connectivity index (χ1v) is 8.22. The molecule has 1 saturated heterocycles. The number of nitrogens with zero attached hydrogens (tertiary/aromatic N) is 4. The molecule has 1 aliphatic heterocycles. The van der Waals surface area contributed by atoms with E-state index < -0.39 is 21.3 Å². The van der Waals surface area contributed by atoms with Gasteiger partial charge in [-0.25, -0.2) is 13.2 Å². The summed E-state index contributed by atoms with van der Waals surface area (Å²) in [5, 5.41) is 0. The van der Waals surface area contributed by atoms with Crippen LogP contribution in [0.5, 0.6) is 0 Å². The number of sulfonamides is 1. The lowest BCUT2D eigenvalue weighted by molar-refractivity contribution is 0.196. The Morgan fingerprint density at radius 1 is 1.10 bits per heavy atom. The first-order valence-electron chi connectivity index (χ1n) is 6.78. The van der Waals surface area contributed by atoms with Gasteiger partial charge in [0.2, 0.25) is 10.0 Å². The average molecular weight is 316 g/mol. The van der Waals surface area contributed by atoms with E-state index in [1.807, 2.05) is 6.92 Å². The Balaban J connectivity index is 2.42. The average Bonchev–Trinajstić information content (AvgIpc) is 2.48. The SMILES string of the molecule is CCN1CCN(S(=O)(=O)c2cn(C)c(=O)n(C)c2=O)CC1. The summed E-state index contributed by atoms with van der Waals surface area (Å²) in [4.78, 5) is 25.5. The highest BCUT2D eigenvalue weighted by Gasteiger charge is 2.31. The maximum absolute atomic E-state index is 12.6. The van der Waals surface area contributed by atoms with Crippen LogP contribution in [0, 0.1) is 0 Å². The lowest BCUT2D eigenvalue weighted by Crippen LogP contribution is -2.50. The van der Waals surface area contributed by atoms with Crippen molar-refractivity contribution in [3.63, 3.8) is 0 Å². The van der Waals surface area contributed by atoms with Crippen molar-refractivity contribution in [3.8, 4) is 0 Å². The minimum absolute atomic E-state index is 0.349. The summed E-state index contributed by atoms with van der Waals surface area (Å²) < 4.78 is 28.4. The van der Waals surface area contributed by atoms with Gasteiger partial charge in [-0.15, -0.1) is 0 Å². The molecule has 0 bridgehead atoms. The number of aryl methyl sites for hydroxylation is 1. The molecule has 0 atom stereocenters. The van der Waals surface area contributed by atoms with Gasteiger partial charge in [0.15, 0.2) is 4.90 Å². The van der Waals surface area contributed by atoms with Crippen molar-refractivity contribution in [2.24, 2.45) is 14.1 Å². The summed E-state index contributed by atoms with van der Waals surface area (Å²) in [6, 6.07) is 0. The van der Waals surface area contributed by atoms with Gasteiger partial charge in [0.05, 0.1) is 0 Å². The molecule has 2 heterocycles. The molecule has 1 aromatic heterocycles. The number of piperazine rings is 1. The normalized spacial score (nSPS) is 18.0.